The highest BCUT2D eigenvalue weighted by atomic mass is 16.1. The van der Waals surface area contributed by atoms with Gasteiger partial charge in [-0.15, -0.1) is 0 Å². The Morgan fingerprint density at radius 3 is 2.13 bits per heavy atom. The van der Waals surface area contributed by atoms with Crippen LogP contribution in [0.1, 0.15) is 39.3 Å². The third-order valence-electron chi connectivity index (χ3n) is 2.54. The Morgan fingerprint density at radius 2 is 1.73 bits per heavy atom. The van der Waals surface area contributed by atoms with Gasteiger partial charge >= 0.3 is 0 Å². The quantitative estimate of drug-likeness (QED) is 0.693. The molecule has 1 aromatic rings. The van der Waals surface area contributed by atoms with Gasteiger partial charge in [-0.3, -0.25) is 4.79 Å². The molecule has 0 aliphatic carbocycles. The Morgan fingerprint density at radius 1 is 1.20 bits per heavy atom. The van der Waals surface area contributed by atoms with Crippen molar-refractivity contribution in [3.63, 3.8) is 0 Å². The molecule has 0 atom stereocenters. The van der Waals surface area contributed by atoms with Crippen molar-refractivity contribution >= 4 is 5.78 Å². The van der Waals surface area contributed by atoms with E-state index >= 15 is 0 Å². The molecule has 1 heterocycles. The molecule has 1 rings (SSSR count). The highest BCUT2D eigenvalue weighted by Crippen LogP contribution is 2.04. The van der Waals surface area contributed by atoms with E-state index in [0.29, 0.717) is 18.2 Å². The largest absolute Gasteiger partial charge is 0.299 e. The van der Waals surface area contributed by atoms with Gasteiger partial charge in [0, 0.05) is 24.5 Å². The molecule has 0 unspecified atom stereocenters. The maximum atomic E-state index is 11.5. The fourth-order valence-electron chi connectivity index (χ4n) is 1.34. The van der Waals surface area contributed by atoms with Crippen molar-refractivity contribution in [3.8, 4) is 0 Å². The smallest absolute Gasteiger partial charge is 0.169 e. The predicted octanol–water partition coefficient (Wildman–Crippen LogP) is 2.32. The third kappa shape index (κ3) is 3.46. The molecule has 0 aliphatic heterocycles. The number of ketones is 1. The van der Waals surface area contributed by atoms with Gasteiger partial charge in [-0.05, 0) is 19.4 Å². The first-order valence-corrected chi connectivity index (χ1v) is 5.53. The molecule has 0 fully saturated rings. The van der Waals surface area contributed by atoms with Crippen LogP contribution in [0, 0.1) is 5.92 Å². The van der Waals surface area contributed by atoms with E-state index in [9.17, 15) is 4.79 Å². The van der Waals surface area contributed by atoms with Crippen LogP contribution in [0.2, 0.25) is 0 Å². The van der Waals surface area contributed by atoms with Crippen LogP contribution in [0.4, 0.5) is 0 Å². The molecule has 2 nitrogen and oxygen atoms in total. The van der Waals surface area contributed by atoms with Gasteiger partial charge in [0.25, 0.3) is 0 Å². The molecule has 0 aromatic carbocycles. The molecule has 0 amide bonds. The van der Waals surface area contributed by atoms with Crippen LogP contribution in [-0.4, -0.2) is 5.78 Å². The molecule has 2 heteroatoms. The van der Waals surface area contributed by atoms with E-state index in [1.165, 1.54) is 0 Å². The molecule has 0 spiro atoms. The summed E-state index contributed by atoms with van der Waals surface area (Å²) in [6.45, 7) is 8.16. The van der Waals surface area contributed by atoms with Crippen molar-refractivity contribution in [1.82, 2.24) is 0 Å². The van der Waals surface area contributed by atoms with Crippen LogP contribution in [0.25, 0.3) is 0 Å². The van der Waals surface area contributed by atoms with Gasteiger partial charge in [0.1, 0.15) is 5.78 Å². The summed E-state index contributed by atoms with van der Waals surface area (Å²) in [5, 5.41) is 0. The molecule has 82 valence electrons. The summed E-state index contributed by atoms with van der Waals surface area (Å²) in [7, 11) is 0. The summed E-state index contributed by atoms with van der Waals surface area (Å²) in [4.78, 5) is 11.5. The maximum absolute atomic E-state index is 11.5. The van der Waals surface area contributed by atoms with E-state index in [1.807, 2.05) is 38.4 Å². The summed E-state index contributed by atoms with van der Waals surface area (Å²) in [6, 6.07) is 4.53. The van der Waals surface area contributed by atoms with Crippen LogP contribution in [0.15, 0.2) is 24.5 Å². The van der Waals surface area contributed by atoms with Gasteiger partial charge in [0.15, 0.2) is 18.4 Å². The van der Waals surface area contributed by atoms with Crippen molar-refractivity contribution in [3.05, 3.63) is 30.1 Å². The van der Waals surface area contributed by atoms with Gasteiger partial charge in [-0.1, -0.05) is 13.8 Å². The number of hydrogen-bond acceptors (Lipinski definition) is 1. The van der Waals surface area contributed by atoms with Crippen LogP contribution in [-0.2, 0) is 11.2 Å². The number of carbonyl (C=O) groups excluding carboxylic acids is 1. The molecule has 0 bridgehead atoms. The van der Waals surface area contributed by atoms with Crippen molar-refractivity contribution < 1.29 is 9.36 Å². The molecule has 15 heavy (non-hydrogen) atoms. The second-order valence-corrected chi connectivity index (χ2v) is 4.55. The van der Waals surface area contributed by atoms with Gasteiger partial charge in [0.2, 0.25) is 0 Å². The summed E-state index contributed by atoms with van der Waals surface area (Å²) in [6.07, 6.45) is 4.62. The molecular weight excluding hydrogens is 186 g/mol. The van der Waals surface area contributed by atoms with E-state index in [-0.39, 0.29) is 5.92 Å². The first-order valence-electron chi connectivity index (χ1n) is 5.53. The minimum Gasteiger partial charge on any atom is -0.299 e. The molecule has 0 N–H and O–H groups in total. The van der Waals surface area contributed by atoms with E-state index in [4.69, 9.17) is 0 Å². The number of pyridine rings is 1. The Bertz CT molecular complexity index is 325. The molecule has 1 aromatic heterocycles. The van der Waals surface area contributed by atoms with Gasteiger partial charge in [0.05, 0.1) is 0 Å². The van der Waals surface area contributed by atoms with Crippen LogP contribution >= 0.6 is 0 Å². The summed E-state index contributed by atoms with van der Waals surface area (Å²) < 4.78 is 2.13. The highest BCUT2D eigenvalue weighted by Gasteiger charge is 2.10. The Balaban J connectivity index is 2.69. The fraction of sp³-hybridized carbons (Fsp3) is 0.538. The number of carbonyl (C=O) groups is 1. The van der Waals surface area contributed by atoms with Gasteiger partial charge in [-0.2, -0.15) is 0 Å². The van der Waals surface area contributed by atoms with Crippen LogP contribution < -0.4 is 4.57 Å². The van der Waals surface area contributed by atoms with E-state index < -0.39 is 0 Å². The van der Waals surface area contributed by atoms with E-state index in [0.717, 1.165) is 5.56 Å². The lowest BCUT2D eigenvalue weighted by Crippen LogP contribution is -2.35. The highest BCUT2D eigenvalue weighted by molar-refractivity contribution is 5.82. The number of nitrogens with zero attached hydrogens (tertiary/aromatic N) is 1. The second-order valence-electron chi connectivity index (χ2n) is 4.55. The minimum absolute atomic E-state index is 0.127. The van der Waals surface area contributed by atoms with Crippen LogP contribution in [0.5, 0.6) is 0 Å². The molecule has 0 saturated carbocycles. The average molecular weight is 206 g/mol. The number of rotatable bonds is 4. The normalized spacial score (nSPS) is 11.1. The first-order chi connectivity index (χ1) is 7.00. The van der Waals surface area contributed by atoms with Gasteiger partial charge < -0.3 is 0 Å². The van der Waals surface area contributed by atoms with Crippen molar-refractivity contribution in [1.29, 1.82) is 0 Å². The zero-order valence-electron chi connectivity index (χ0n) is 10.0. The summed E-state index contributed by atoms with van der Waals surface area (Å²) in [5.41, 5.74) is 1.10. The average Bonchev–Trinajstić information content (AvgIpc) is 2.18. The van der Waals surface area contributed by atoms with Crippen molar-refractivity contribution in [2.45, 2.75) is 40.2 Å². The fourth-order valence-corrected chi connectivity index (χ4v) is 1.34. The topological polar surface area (TPSA) is 20.9 Å². The number of aromatic nitrogens is 1. The lowest BCUT2D eigenvalue weighted by molar-refractivity contribution is -0.716. The third-order valence-corrected chi connectivity index (χ3v) is 2.54. The van der Waals surface area contributed by atoms with Crippen LogP contribution in [0.3, 0.4) is 0 Å². The first kappa shape index (κ1) is 11.9. The summed E-state index contributed by atoms with van der Waals surface area (Å²) in [5.74, 6) is 0.430. The number of hydrogen-bond donors (Lipinski definition) is 0. The lowest BCUT2D eigenvalue weighted by atomic mass is 10.0. The monoisotopic (exact) mass is 206 g/mol. The Kier molecular flexibility index (Phi) is 4.01. The summed E-state index contributed by atoms with van der Waals surface area (Å²) >= 11 is 0. The Labute approximate surface area is 91.9 Å². The standard InChI is InChI=1S/C13H20NO/c1-10(2)13(15)9-12-5-7-14(8-6-12)11(3)4/h5-8,10-11H,9H2,1-4H3/q+1. The van der Waals surface area contributed by atoms with Crippen molar-refractivity contribution in [2.75, 3.05) is 0 Å². The number of Topliss-reactive ketones (excluding diaryl/α,β-unsaturated/α-hetero) is 1. The lowest BCUT2D eigenvalue weighted by Gasteiger charge is -2.04. The zero-order chi connectivity index (χ0) is 11.4. The predicted molar refractivity (Wildman–Crippen MR) is 60.6 cm³/mol. The van der Waals surface area contributed by atoms with E-state index in [2.05, 4.69) is 18.4 Å². The molecule has 0 aliphatic rings. The SMILES string of the molecule is CC(C)C(=O)Cc1cc[n+](C(C)C)cc1. The van der Waals surface area contributed by atoms with Crippen molar-refractivity contribution in [2.24, 2.45) is 5.92 Å². The molecule has 0 radical (unpaired) electrons. The van der Waals surface area contributed by atoms with E-state index in [1.54, 1.807) is 0 Å². The Hall–Kier alpha value is -1.18. The maximum Gasteiger partial charge on any atom is 0.169 e. The minimum atomic E-state index is 0.127. The van der Waals surface area contributed by atoms with Gasteiger partial charge in [-0.25, -0.2) is 4.57 Å². The second kappa shape index (κ2) is 5.06. The molecular formula is C13H20NO+. The molecule has 0 saturated heterocycles. The zero-order valence-corrected chi connectivity index (χ0v) is 10.0.